The summed E-state index contributed by atoms with van der Waals surface area (Å²) in [5, 5.41) is 5.44. The van der Waals surface area contributed by atoms with Gasteiger partial charge >= 0.3 is 6.18 Å². The maximum Gasteiger partial charge on any atom is 0.417 e. The van der Waals surface area contributed by atoms with E-state index in [4.69, 9.17) is 11.6 Å². The van der Waals surface area contributed by atoms with Crippen LogP contribution in [0.1, 0.15) is 27.4 Å². The van der Waals surface area contributed by atoms with Crippen LogP contribution in [0.4, 0.5) is 13.2 Å². The van der Waals surface area contributed by atoms with E-state index in [9.17, 15) is 18.0 Å². The number of nitrogens with one attached hydrogen (secondary N) is 2. The van der Waals surface area contributed by atoms with Crippen molar-refractivity contribution >= 4 is 29.9 Å². The highest BCUT2D eigenvalue weighted by Crippen LogP contribution is 2.36. The predicted octanol–water partition coefficient (Wildman–Crippen LogP) is 4.27. The summed E-state index contributed by atoms with van der Waals surface area (Å²) < 4.78 is 38.9. The number of hydrogen-bond donors (Lipinski definition) is 2. The molecular weight excluding hydrogens is 388 g/mol. The number of hydrogen-bond acceptors (Lipinski definition) is 2. The van der Waals surface area contributed by atoms with E-state index in [2.05, 4.69) is 10.6 Å². The minimum absolute atomic E-state index is 0. The maximum atomic E-state index is 13.0. The van der Waals surface area contributed by atoms with Crippen molar-refractivity contribution in [1.29, 1.82) is 0 Å². The first kappa shape index (κ1) is 20.6. The van der Waals surface area contributed by atoms with Crippen LogP contribution in [0.3, 0.4) is 0 Å². The largest absolute Gasteiger partial charge is 0.417 e. The molecule has 0 aromatic heterocycles. The lowest BCUT2D eigenvalue weighted by molar-refractivity contribution is -0.137. The lowest BCUT2D eigenvalue weighted by Gasteiger charge is -2.21. The summed E-state index contributed by atoms with van der Waals surface area (Å²) in [6.45, 7) is 1.23. The first-order valence-electron chi connectivity index (χ1n) is 7.80. The molecule has 1 saturated heterocycles. The molecule has 1 aliphatic rings. The molecule has 3 nitrogen and oxygen atoms in total. The second kappa shape index (κ2) is 8.29. The van der Waals surface area contributed by atoms with Crippen molar-refractivity contribution in [2.24, 2.45) is 0 Å². The van der Waals surface area contributed by atoms with Crippen LogP contribution in [-0.2, 0) is 6.18 Å². The number of amides is 1. The molecule has 0 aliphatic carbocycles. The Balaban J connectivity index is 0.00000243. The summed E-state index contributed by atoms with van der Waals surface area (Å²) in [5.41, 5.74) is -0.117. The summed E-state index contributed by atoms with van der Waals surface area (Å²) >= 11 is 5.83. The fraction of sp³-hybridized carbons (Fsp3) is 0.278. The van der Waals surface area contributed by atoms with Crippen LogP contribution >= 0.6 is 24.0 Å². The molecule has 2 aromatic carbocycles. The van der Waals surface area contributed by atoms with Gasteiger partial charge in [0.25, 0.3) is 5.91 Å². The number of carbonyl (C=O) groups is 1. The van der Waals surface area contributed by atoms with Crippen molar-refractivity contribution in [3.8, 4) is 0 Å². The molecule has 1 heterocycles. The van der Waals surface area contributed by atoms with Gasteiger partial charge in [0.05, 0.1) is 16.1 Å². The quantitative estimate of drug-likeness (QED) is 0.801. The molecule has 2 N–H and O–H groups in total. The third-order valence-corrected chi connectivity index (χ3v) is 4.71. The minimum Gasteiger partial charge on any atom is -0.347 e. The standard InChI is InChI=1S/C18H16ClF3N2O.ClH/c19-16-12(7-4-8-14(16)18(20,21)22)17(25)24-15-10-23-9-13(15)11-5-2-1-3-6-11;/h1-8,13,15,23H,9-10H2,(H,24,25);1H. The molecule has 1 fully saturated rings. The molecule has 0 saturated carbocycles. The van der Waals surface area contributed by atoms with Gasteiger partial charge in [0, 0.05) is 25.0 Å². The van der Waals surface area contributed by atoms with Gasteiger partial charge in [0.1, 0.15) is 0 Å². The number of benzene rings is 2. The third kappa shape index (κ3) is 4.31. The molecule has 0 bridgehead atoms. The molecule has 3 rings (SSSR count). The highest BCUT2D eigenvalue weighted by atomic mass is 35.5. The number of rotatable bonds is 3. The molecule has 8 heteroatoms. The molecule has 0 spiro atoms. The zero-order valence-electron chi connectivity index (χ0n) is 13.5. The molecule has 140 valence electrons. The topological polar surface area (TPSA) is 41.1 Å². The summed E-state index contributed by atoms with van der Waals surface area (Å²) in [5.74, 6) is -0.555. The monoisotopic (exact) mass is 404 g/mol. The Kier molecular flexibility index (Phi) is 6.55. The van der Waals surface area contributed by atoms with Gasteiger partial charge in [-0.2, -0.15) is 13.2 Å². The van der Waals surface area contributed by atoms with Crippen molar-refractivity contribution < 1.29 is 18.0 Å². The average molecular weight is 405 g/mol. The van der Waals surface area contributed by atoms with Gasteiger partial charge in [-0.1, -0.05) is 48.0 Å². The van der Waals surface area contributed by atoms with Crippen LogP contribution < -0.4 is 10.6 Å². The van der Waals surface area contributed by atoms with E-state index in [1.54, 1.807) is 0 Å². The van der Waals surface area contributed by atoms with Gasteiger partial charge in [0.15, 0.2) is 0 Å². The molecule has 26 heavy (non-hydrogen) atoms. The van der Waals surface area contributed by atoms with E-state index in [0.717, 1.165) is 11.6 Å². The predicted molar refractivity (Wildman–Crippen MR) is 97.0 cm³/mol. The lowest BCUT2D eigenvalue weighted by Crippen LogP contribution is -2.39. The summed E-state index contributed by atoms with van der Waals surface area (Å²) in [6.07, 6.45) is -4.60. The Morgan fingerprint density at radius 1 is 1.08 bits per heavy atom. The Labute approximate surface area is 160 Å². The SMILES string of the molecule is Cl.O=C(NC1CNCC1c1ccccc1)c1cccc(C(F)(F)F)c1Cl. The molecule has 2 atom stereocenters. The molecule has 1 amide bonds. The minimum atomic E-state index is -4.60. The first-order chi connectivity index (χ1) is 11.9. The van der Waals surface area contributed by atoms with E-state index < -0.39 is 22.7 Å². The maximum absolute atomic E-state index is 13.0. The average Bonchev–Trinajstić information content (AvgIpc) is 3.02. The number of halogens is 5. The Morgan fingerprint density at radius 2 is 1.77 bits per heavy atom. The van der Waals surface area contributed by atoms with Gasteiger partial charge in [-0.3, -0.25) is 4.79 Å². The van der Waals surface area contributed by atoms with Crippen LogP contribution in [0.5, 0.6) is 0 Å². The summed E-state index contributed by atoms with van der Waals surface area (Å²) in [4.78, 5) is 12.5. The van der Waals surface area contributed by atoms with Crippen molar-refractivity contribution in [2.45, 2.75) is 18.1 Å². The van der Waals surface area contributed by atoms with Crippen molar-refractivity contribution in [1.82, 2.24) is 10.6 Å². The molecule has 0 radical (unpaired) electrons. The normalized spacial score (nSPS) is 19.7. The van der Waals surface area contributed by atoms with Gasteiger partial charge in [0.2, 0.25) is 0 Å². The second-order valence-corrected chi connectivity index (χ2v) is 6.30. The van der Waals surface area contributed by atoms with E-state index in [-0.39, 0.29) is 29.9 Å². The van der Waals surface area contributed by atoms with E-state index >= 15 is 0 Å². The summed E-state index contributed by atoms with van der Waals surface area (Å²) in [7, 11) is 0. The van der Waals surface area contributed by atoms with Crippen molar-refractivity contribution in [3.63, 3.8) is 0 Å². The molecular formula is C18H17Cl2F3N2O. The zero-order chi connectivity index (χ0) is 18.0. The van der Waals surface area contributed by atoms with Crippen LogP contribution in [0.25, 0.3) is 0 Å². The Morgan fingerprint density at radius 3 is 2.42 bits per heavy atom. The first-order valence-corrected chi connectivity index (χ1v) is 8.18. The van der Waals surface area contributed by atoms with Crippen LogP contribution in [0.15, 0.2) is 48.5 Å². The zero-order valence-corrected chi connectivity index (χ0v) is 15.1. The van der Waals surface area contributed by atoms with Gasteiger partial charge in [-0.15, -0.1) is 12.4 Å². The summed E-state index contributed by atoms with van der Waals surface area (Å²) in [6, 6.07) is 12.8. The highest BCUT2D eigenvalue weighted by molar-refractivity contribution is 6.34. The van der Waals surface area contributed by atoms with Crippen LogP contribution in [-0.4, -0.2) is 25.0 Å². The molecule has 2 unspecified atom stereocenters. The van der Waals surface area contributed by atoms with Gasteiger partial charge < -0.3 is 10.6 Å². The fourth-order valence-corrected chi connectivity index (χ4v) is 3.37. The van der Waals surface area contributed by atoms with Crippen LogP contribution in [0, 0.1) is 0 Å². The number of alkyl halides is 3. The highest BCUT2D eigenvalue weighted by Gasteiger charge is 2.35. The second-order valence-electron chi connectivity index (χ2n) is 5.92. The number of carbonyl (C=O) groups excluding carboxylic acids is 1. The van der Waals surface area contributed by atoms with E-state index in [1.807, 2.05) is 30.3 Å². The van der Waals surface area contributed by atoms with E-state index in [0.29, 0.717) is 13.1 Å². The van der Waals surface area contributed by atoms with Gasteiger partial charge in [-0.25, -0.2) is 0 Å². The Bertz CT molecular complexity index is 769. The van der Waals surface area contributed by atoms with Crippen molar-refractivity contribution in [3.05, 3.63) is 70.2 Å². The molecule has 1 aliphatic heterocycles. The Hall–Kier alpha value is -1.76. The van der Waals surface area contributed by atoms with E-state index in [1.165, 1.54) is 12.1 Å². The van der Waals surface area contributed by atoms with Crippen molar-refractivity contribution in [2.75, 3.05) is 13.1 Å². The smallest absolute Gasteiger partial charge is 0.347 e. The molecule has 2 aromatic rings. The lowest BCUT2D eigenvalue weighted by atomic mass is 9.94. The fourth-order valence-electron chi connectivity index (χ4n) is 3.05. The third-order valence-electron chi connectivity index (χ3n) is 4.31. The van der Waals surface area contributed by atoms with Crippen LogP contribution in [0.2, 0.25) is 5.02 Å². The van der Waals surface area contributed by atoms with Gasteiger partial charge in [-0.05, 0) is 17.7 Å².